The highest BCUT2D eigenvalue weighted by Crippen LogP contribution is 2.16. The van der Waals surface area contributed by atoms with Crippen LogP contribution in [0.5, 0.6) is 0 Å². The lowest BCUT2D eigenvalue weighted by molar-refractivity contribution is 0.380. The zero-order valence-corrected chi connectivity index (χ0v) is 16.0. The minimum Gasteiger partial charge on any atom is -0.361 e. The van der Waals surface area contributed by atoms with Gasteiger partial charge in [-0.2, -0.15) is 0 Å². The zero-order valence-electron chi connectivity index (χ0n) is 16.0. The Kier molecular flexibility index (Phi) is 7.04. The maximum absolute atomic E-state index is 5.42. The van der Waals surface area contributed by atoms with Gasteiger partial charge >= 0.3 is 0 Å². The molecule has 0 amide bonds. The van der Waals surface area contributed by atoms with Crippen LogP contribution in [0.3, 0.4) is 0 Å². The molecule has 25 heavy (non-hydrogen) atoms. The van der Waals surface area contributed by atoms with Gasteiger partial charge < -0.3 is 15.2 Å². The SMILES string of the molecule is CCc1noc(CC)c1CNC(=NC)NCC(C)c1ccc(C)cc1. The van der Waals surface area contributed by atoms with Crippen molar-refractivity contribution in [2.45, 2.75) is 53.0 Å². The van der Waals surface area contributed by atoms with Crippen molar-refractivity contribution in [1.29, 1.82) is 0 Å². The third kappa shape index (κ3) is 5.08. The lowest BCUT2D eigenvalue weighted by atomic mass is 10.0. The highest BCUT2D eigenvalue weighted by Gasteiger charge is 2.14. The monoisotopic (exact) mass is 342 g/mol. The van der Waals surface area contributed by atoms with Gasteiger partial charge in [0.1, 0.15) is 5.76 Å². The quantitative estimate of drug-likeness (QED) is 0.596. The van der Waals surface area contributed by atoms with Crippen LogP contribution >= 0.6 is 0 Å². The van der Waals surface area contributed by atoms with Crippen molar-refractivity contribution >= 4 is 5.96 Å². The smallest absolute Gasteiger partial charge is 0.191 e. The van der Waals surface area contributed by atoms with Crippen molar-refractivity contribution < 1.29 is 4.52 Å². The summed E-state index contributed by atoms with van der Waals surface area (Å²) in [6.45, 7) is 10.0. The van der Waals surface area contributed by atoms with Crippen molar-refractivity contribution in [3.8, 4) is 0 Å². The van der Waals surface area contributed by atoms with E-state index in [0.717, 1.165) is 42.4 Å². The lowest BCUT2D eigenvalue weighted by Crippen LogP contribution is -2.38. The fourth-order valence-electron chi connectivity index (χ4n) is 2.79. The van der Waals surface area contributed by atoms with E-state index in [2.05, 4.69) is 72.7 Å². The molecule has 2 aromatic rings. The molecule has 2 rings (SSSR count). The fraction of sp³-hybridized carbons (Fsp3) is 0.500. The van der Waals surface area contributed by atoms with Crippen LogP contribution in [-0.4, -0.2) is 24.7 Å². The molecule has 5 heteroatoms. The first-order valence-corrected chi connectivity index (χ1v) is 9.06. The van der Waals surface area contributed by atoms with Crippen LogP contribution in [0.1, 0.15) is 54.8 Å². The molecule has 0 aliphatic rings. The Bertz CT molecular complexity index is 667. The summed E-state index contributed by atoms with van der Waals surface area (Å²) in [6.07, 6.45) is 1.72. The lowest BCUT2D eigenvalue weighted by Gasteiger charge is -2.16. The Morgan fingerprint density at radius 2 is 1.88 bits per heavy atom. The second-order valence-corrected chi connectivity index (χ2v) is 6.36. The summed E-state index contributed by atoms with van der Waals surface area (Å²) in [5, 5.41) is 10.9. The van der Waals surface area contributed by atoms with E-state index in [4.69, 9.17) is 4.52 Å². The largest absolute Gasteiger partial charge is 0.361 e. The maximum atomic E-state index is 5.42. The molecule has 5 nitrogen and oxygen atoms in total. The summed E-state index contributed by atoms with van der Waals surface area (Å²) in [7, 11) is 1.79. The molecule has 0 aliphatic heterocycles. The first-order chi connectivity index (χ1) is 12.1. The van der Waals surface area contributed by atoms with Crippen LogP contribution in [0.15, 0.2) is 33.8 Å². The van der Waals surface area contributed by atoms with Gasteiger partial charge in [0.15, 0.2) is 5.96 Å². The van der Waals surface area contributed by atoms with Gasteiger partial charge in [-0.1, -0.05) is 55.8 Å². The van der Waals surface area contributed by atoms with E-state index in [1.54, 1.807) is 7.05 Å². The normalized spacial score (nSPS) is 12.9. The molecule has 1 heterocycles. The average molecular weight is 342 g/mol. The van der Waals surface area contributed by atoms with E-state index in [-0.39, 0.29) is 0 Å². The fourth-order valence-corrected chi connectivity index (χ4v) is 2.79. The van der Waals surface area contributed by atoms with Crippen molar-refractivity contribution in [2.75, 3.05) is 13.6 Å². The zero-order chi connectivity index (χ0) is 18.2. The highest BCUT2D eigenvalue weighted by atomic mass is 16.5. The summed E-state index contributed by atoms with van der Waals surface area (Å²) in [5.74, 6) is 2.16. The predicted octanol–water partition coefficient (Wildman–Crippen LogP) is 3.58. The molecule has 0 fully saturated rings. The van der Waals surface area contributed by atoms with Gasteiger partial charge in [0.05, 0.1) is 5.69 Å². The first kappa shape index (κ1) is 19.0. The third-order valence-corrected chi connectivity index (χ3v) is 4.49. The number of rotatable bonds is 7. The molecule has 1 aromatic carbocycles. The van der Waals surface area contributed by atoms with Crippen molar-refractivity contribution in [3.63, 3.8) is 0 Å². The molecule has 2 N–H and O–H groups in total. The molecule has 0 bridgehead atoms. The molecule has 0 aliphatic carbocycles. The number of nitrogens with zero attached hydrogens (tertiary/aromatic N) is 2. The molecule has 0 saturated heterocycles. The summed E-state index contributed by atoms with van der Waals surface area (Å²) < 4.78 is 5.42. The molecule has 136 valence electrons. The summed E-state index contributed by atoms with van der Waals surface area (Å²) in [6, 6.07) is 8.69. The summed E-state index contributed by atoms with van der Waals surface area (Å²) in [4.78, 5) is 4.32. The van der Waals surface area contributed by atoms with Gasteiger partial charge in [-0.3, -0.25) is 4.99 Å². The number of nitrogens with one attached hydrogen (secondary N) is 2. The van der Waals surface area contributed by atoms with Crippen LogP contribution in [-0.2, 0) is 19.4 Å². The number of benzene rings is 1. The number of aliphatic imine (C=N–C) groups is 1. The van der Waals surface area contributed by atoms with Crippen LogP contribution in [0.4, 0.5) is 0 Å². The molecular weight excluding hydrogens is 312 g/mol. The Labute approximate surface area is 150 Å². The van der Waals surface area contributed by atoms with Gasteiger partial charge in [0.25, 0.3) is 0 Å². The van der Waals surface area contributed by atoms with E-state index < -0.39 is 0 Å². The van der Waals surface area contributed by atoms with E-state index >= 15 is 0 Å². The molecule has 0 saturated carbocycles. The predicted molar refractivity (Wildman–Crippen MR) is 103 cm³/mol. The Morgan fingerprint density at radius 3 is 2.48 bits per heavy atom. The van der Waals surface area contributed by atoms with E-state index in [0.29, 0.717) is 12.5 Å². The summed E-state index contributed by atoms with van der Waals surface area (Å²) in [5.41, 5.74) is 4.79. The van der Waals surface area contributed by atoms with Gasteiger partial charge in [-0.15, -0.1) is 0 Å². The molecule has 0 radical (unpaired) electrons. The molecular formula is C20H30N4O. The minimum atomic E-state index is 0.409. The molecule has 1 atom stereocenters. The van der Waals surface area contributed by atoms with Crippen molar-refractivity contribution in [2.24, 2.45) is 4.99 Å². The van der Waals surface area contributed by atoms with Crippen LogP contribution < -0.4 is 10.6 Å². The number of hydrogen-bond donors (Lipinski definition) is 2. The van der Waals surface area contributed by atoms with Crippen LogP contribution in [0.2, 0.25) is 0 Å². The van der Waals surface area contributed by atoms with Gasteiger partial charge in [0, 0.05) is 32.1 Å². The minimum absolute atomic E-state index is 0.409. The molecule has 1 unspecified atom stereocenters. The molecule has 1 aromatic heterocycles. The van der Waals surface area contributed by atoms with Crippen LogP contribution in [0.25, 0.3) is 0 Å². The number of hydrogen-bond acceptors (Lipinski definition) is 3. The highest BCUT2D eigenvalue weighted by molar-refractivity contribution is 5.79. The maximum Gasteiger partial charge on any atom is 0.191 e. The summed E-state index contributed by atoms with van der Waals surface area (Å²) >= 11 is 0. The van der Waals surface area contributed by atoms with E-state index in [1.807, 2.05) is 0 Å². The molecule has 0 spiro atoms. The van der Waals surface area contributed by atoms with E-state index in [9.17, 15) is 0 Å². The van der Waals surface area contributed by atoms with Gasteiger partial charge in [-0.25, -0.2) is 0 Å². The standard InChI is InChI=1S/C20H30N4O/c1-6-18-17(19(7-2)25-24-18)13-23-20(21-5)22-12-15(4)16-10-8-14(3)9-11-16/h8-11,15H,6-7,12-13H2,1-5H3,(H2,21,22,23). The van der Waals surface area contributed by atoms with E-state index in [1.165, 1.54) is 11.1 Å². The van der Waals surface area contributed by atoms with Crippen molar-refractivity contribution in [1.82, 2.24) is 15.8 Å². The average Bonchev–Trinajstić information content (AvgIpc) is 3.04. The Balaban J connectivity index is 1.91. The topological polar surface area (TPSA) is 62.5 Å². The Hall–Kier alpha value is -2.30. The van der Waals surface area contributed by atoms with Gasteiger partial charge in [0.2, 0.25) is 0 Å². The first-order valence-electron chi connectivity index (χ1n) is 9.06. The number of aryl methyl sites for hydroxylation is 3. The second-order valence-electron chi connectivity index (χ2n) is 6.36. The number of guanidine groups is 1. The van der Waals surface area contributed by atoms with Gasteiger partial charge in [-0.05, 0) is 24.8 Å². The third-order valence-electron chi connectivity index (χ3n) is 4.49. The van der Waals surface area contributed by atoms with Crippen molar-refractivity contribution in [3.05, 3.63) is 52.4 Å². The second kappa shape index (κ2) is 9.25. The van der Waals surface area contributed by atoms with Crippen LogP contribution in [0, 0.1) is 6.92 Å². The number of aromatic nitrogens is 1. The Morgan fingerprint density at radius 1 is 1.16 bits per heavy atom.